The van der Waals surface area contributed by atoms with Gasteiger partial charge in [0.2, 0.25) is 5.28 Å². The zero-order valence-corrected chi connectivity index (χ0v) is 11.2. The van der Waals surface area contributed by atoms with Gasteiger partial charge in [0.15, 0.2) is 5.82 Å². The van der Waals surface area contributed by atoms with Crippen molar-refractivity contribution in [2.75, 3.05) is 11.1 Å². The third-order valence-electron chi connectivity index (χ3n) is 2.69. The third kappa shape index (κ3) is 2.56. The maximum Gasteiger partial charge on any atom is 0.224 e. The fraction of sp³-hybridized carbons (Fsp3) is 0.333. The quantitative estimate of drug-likeness (QED) is 0.835. The fourth-order valence-electron chi connectivity index (χ4n) is 1.85. The fourth-order valence-corrected chi connectivity index (χ4v) is 1.98. The highest BCUT2D eigenvalue weighted by Crippen LogP contribution is 2.26. The Hall–Kier alpha value is -1.75. The van der Waals surface area contributed by atoms with Crippen LogP contribution in [0.4, 0.5) is 11.5 Å². The Morgan fingerprint density at radius 2 is 2.17 bits per heavy atom. The Morgan fingerprint density at radius 3 is 2.78 bits per heavy atom. The van der Waals surface area contributed by atoms with Crippen LogP contribution in [-0.2, 0) is 0 Å². The van der Waals surface area contributed by atoms with E-state index in [1.807, 2.05) is 26.8 Å². The molecule has 6 heteroatoms. The number of aryl methyl sites for hydroxylation is 2. The Bertz CT molecular complexity index is 567. The molecule has 0 fully saturated rings. The number of anilines is 2. The number of furan rings is 1. The molecule has 5 nitrogen and oxygen atoms in total. The molecule has 3 N–H and O–H groups in total. The van der Waals surface area contributed by atoms with Crippen molar-refractivity contribution in [1.82, 2.24) is 9.97 Å². The van der Waals surface area contributed by atoms with Crippen LogP contribution >= 0.6 is 11.6 Å². The van der Waals surface area contributed by atoms with Gasteiger partial charge in [-0.15, -0.1) is 0 Å². The standard InChI is InChI=1S/C12H15ClN4O/c1-6-4-9(8(3)18-6)7(2)16-11-10(14)5-15-12(13)17-11/h4-5,7H,14H2,1-3H3,(H,15,16,17). The molecule has 0 aliphatic carbocycles. The van der Waals surface area contributed by atoms with Gasteiger partial charge in [-0.2, -0.15) is 4.98 Å². The van der Waals surface area contributed by atoms with E-state index in [1.54, 1.807) is 0 Å². The second-order valence-corrected chi connectivity index (χ2v) is 4.52. The summed E-state index contributed by atoms with van der Waals surface area (Å²) >= 11 is 5.75. The van der Waals surface area contributed by atoms with Gasteiger partial charge < -0.3 is 15.5 Å². The van der Waals surface area contributed by atoms with E-state index in [0.29, 0.717) is 11.5 Å². The molecule has 0 aromatic carbocycles. The van der Waals surface area contributed by atoms with E-state index in [2.05, 4.69) is 15.3 Å². The van der Waals surface area contributed by atoms with Crippen LogP contribution in [0.3, 0.4) is 0 Å². The van der Waals surface area contributed by atoms with Gasteiger partial charge in [0.25, 0.3) is 0 Å². The Labute approximate surface area is 110 Å². The predicted molar refractivity (Wildman–Crippen MR) is 71.7 cm³/mol. The first-order valence-corrected chi connectivity index (χ1v) is 5.96. The smallest absolute Gasteiger partial charge is 0.224 e. The minimum absolute atomic E-state index is 0.0238. The molecular formula is C12H15ClN4O. The second-order valence-electron chi connectivity index (χ2n) is 4.18. The highest BCUT2D eigenvalue weighted by molar-refractivity contribution is 6.28. The van der Waals surface area contributed by atoms with Crippen molar-refractivity contribution < 1.29 is 4.42 Å². The molecule has 18 heavy (non-hydrogen) atoms. The molecular weight excluding hydrogens is 252 g/mol. The van der Waals surface area contributed by atoms with E-state index < -0.39 is 0 Å². The summed E-state index contributed by atoms with van der Waals surface area (Å²) in [6.07, 6.45) is 1.48. The summed E-state index contributed by atoms with van der Waals surface area (Å²) in [7, 11) is 0. The normalized spacial score (nSPS) is 12.4. The second kappa shape index (κ2) is 4.86. The topological polar surface area (TPSA) is 77.0 Å². The molecule has 2 heterocycles. The maximum absolute atomic E-state index is 5.79. The zero-order chi connectivity index (χ0) is 13.3. The maximum atomic E-state index is 5.79. The van der Waals surface area contributed by atoms with Gasteiger partial charge in [-0.1, -0.05) is 0 Å². The van der Waals surface area contributed by atoms with Crippen LogP contribution in [0, 0.1) is 13.8 Å². The van der Waals surface area contributed by atoms with Crippen molar-refractivity contribution in [3.8, 4) is 0 Å². The molecule has 0 spiro atoms. The molecule has 0 radical (unpaired) electrons. The minimum atomic E-state index is 0.0238. The van der Waals surface area contributed by atoms with Crippen LogP contribution in [0.2, 0.25) is 5.28 Å². The summed E-state index contributed by atoms with van der Waals surface area (Å²) in [6.45, 7) is 5.85. The van der Waals surface area contributed by atoms with E-state index in [1.165, 1.54) is 6.20 Å². The average molecular weight is 267 g/mol. The first-order valence-electron chi connectivity index (χ1n) is 5.59. The molecule has 2 rings (SSSR count). The van der Waals surface area contributed by atoms with Crippen LogP contribution in [0.15, 0.2) is 16.7 Å². The van der Waals surface area contributed by atoms with Gasteiger partial charge in [0.1, 0.15) is 11.5 Å². The van der Waals surface area contributed by atoms with Gasteiger partial charge in [0, 0.05) is 5.56 Å². The van der Waals surface area contributed by atoms with Gasteiger partial charge in [-0.3, -0.25) is 0 Å². The van der Waals surface area contributed by atoms with Crippen LogP contribution in [0.5, 0.6) is 0 Å². The van der Waals surface area contributed by atoms with E-state index >= 15 is 0 Å². The summed E-state index contributed by atoms with van der Waals surface area (Å²) in [5.74, 6) is 2.29. The van der Waals surface area contributed by atoms with Gasteiger partial charge in [-0.25, -0.2) is 4.98 Å². The molecule has 0 aliphatic rings. The molecule has 96 valence electrons. The third-order valence-corrected chi connectivity index (χ3v) is 2.87. The molecule has 2 aromatic heterocycles. The molecule has 0 saturated heterocycles. The highest BCUT2D eigenvalue weighted by atomic mass is 35.5. The van der Waals surface area contributed by atoms with Crippen LogP contribution < -0.4 is 11.1 Å². The van der Waals surface area contributed by atoms with Crippen LogP contribution in [0.1, 0.15) is 30.0 Å². The lowest BCUT2D eigenvalue weighted by molar-refractivity contribution is 0.500. The first kappa shape index (κ1) is 12.7. The number of nitrogens with one attached hydrogen (secondary N) is 1. The van der Waals surface area contributed by atoms with E-state index in [0.717, 1.165) is 17.1 Å². The summed E-state index contributed by atoms with van der Waals surface area (Å²) < 4.78 is 5.50. The average Bonchev–Trinajstić information content (AvgIpc) is 2.63. The summed E-state index contributed by atoms with van der Waals surface area (Å²) in [5.41, 5.74) is 7.32. The van der Waals surface area contributed by atoms with Crippen molar-refractivity contribution in [2.24, 2.45) is 0 Å². The molecule has 0 amide bonds. The zero-order valence-electron chi connectivity index (χ0n) is 10.5. The lowest BCUT2D eigenvalue weighted by Gasteiger charge is -2.15. The van der Waals surface area contributed by atoms with Crippen LogP contribution in [-0.4, -0.2) is 9.97 Å². The molecule has 2 aromatic rings. The number of halogens is 1. The number of nitrogen functional groups attached to an aromatic ring is 1. The summed E-state index contributed by atoms with van der Waals surface area (Å²) in [4.78, 5) is 7.87. The van der Waals surface area contributed by atoms with Crippen molar-refractivity contribution in [3.63, 3.8) is 0 Å². The van der Waals surface area contributed by atoms with Crippen molar-refractivity contribution in [1.29, 1.82) is 0 Å². The minimum Gasteiger partial charge on any atom is -0.466 e. The number of aromatic nitrogens is 2. The predicted octanol–water partition coefficient (Wildman–Crippen LogP) is 3.10. The van der Waals surface area contributed by atoms with Crippen LogP contribution in [0.25, 0.3) is 0 Å². The molecule has 0 aliphatic heterocycles. The summed E-state index contributed by atoms with van der Waals surface area (Å²) in [6, 6.07) is 2.02. The SMILES string of the molecule is Cc1cc(C(C)Nc2nc(Cl)ncc2N)c(C)o1. The Morgan fingerprint density at radius 1 is 1.44 bits per heavy atom. The number of hydrogen-bond donors (Lipinski definition) is 2. The van der Waals surface area contributed by atoms with Crippen molar-refractivity contribution in [3.05, 3.63) is 34.6 Å². The highest BCUT2D eigenvalue weighted by Gasteiger charge is 2.14. The van der Waals surface area contributed by atoms with Crippen molar-refractivity contribution >= 4 is 23.1 Å². The van der Waals surface area contributed by atoms with E-state index in [9.17, 15) is 0 Å². The molecule has 0 bridgehead atoms. The monoisotopic (exact) mass is 266 g/mol. The molecule has 1 unspecified atom stereocenters. The molecule has 1 atom stereocenters. The van der Waals surface area contributed by atoms with Gasteiger partial charge in [-0.05, 0) is 38.4 Å². The Kier molecular flexibility index (Phi) is 3.43. The molecule has 0 saturated carbocycles. The lowest BCUT2D eigenvalue weighted by Crippen LogP contribution is -2.10. The summed E-state index contributed by atoms with van der Waals surface area (Å²) in [5, 5.41) is 3.37. The number of hydrogen-bond acceptors (Lipinski definition) is 5. The van der Waals surface area contributed by atoms with E-state index in [-0.39, 0.29) is 11.3 Å². The number of nitrogens with two attached hydrogens (primary N) is 1. The largest absolute Gasteiger partial charge is 0.466 e. The van der Waals surface area contributed by atoms with E-state index in [4.69, 9.17) is 21.8 Å². The number of nitrogens with zero attached hydrogens (tertiary/aromatic N) is 2. The number of rotatable bonds is 3. The Balaban J connectivity index is 2.23. The van der Waals surface area contributed by atoms with Gasteiger partial charge >= 0.3 is 0 Å². The lowest BCUT2D eigenvalue weighted by atomic mass is 10.1. The van der Waals surface area contributed by atoms with Gasteiger partial charge in [0.05, 0.1) is 17.9 Å². The van der Waals surface area contributed by atoms with Crippen molar-refractivity contribution in [2.45, 2.75) is 26.8 Å². The first-order chi connectivity index (χ1) is 8.47.